The predicted molar refractivity (Wildman–Crippen MR) is 166 cm³/mol. The molecule has 0 radical (unpaired) electrons. The molecule has 40 heavy (non-hydrogen) atoms. The molecule has 0 amide bonds. The van der Waals surface area contributed by atoms with E-state index in [0.29, 0.717) is 11.5 Å². The van der Waals surface area contributed by atoms with Gasteiger partial charge in [0.1, 0.15) is 11.5 Å². The Bertz CT molecular complexity index is 2070. The van der Waals surface area contributed by atoms with Crippen LogP contribution in [0.1, 0.15) is 0 Å². The van der Waals surface area contributed by atoms with Gasteiger partial charge in [0.15, 0.2) is 7.14 Å². The number of hydrogen-bond donors (Lipinski definition) is 0. The van der Waals surface area contributed by atoms with Crippen molar-refractivity contribution in [2.75, 3.05) is 0 Å². The van der Waals surface area contributed by atoms with Crippen molar-refractivity contribution in [3.63, 3.8) is 0 Å². The summed E-state index contributed by atoms with van der Waals surface area (Å²) in [6.07, 6.45) is 0. The third kappa shape index (κ3) is 3.35. The van der Waals surface area contributed by atoms with E-state index in [1.54, 1.807) is 0 Å². The van der Waals surface area contributed by atoms with Crippen LogP contribution >= 0.6 is 7.14 Å². The summed E-state index contributed by atoms with van der Waals surface area (Å²) in [6.45, 7) is 0. The number of rotatable bonds is 3. The minimum atomic E-state index is -3.15. The summed E-state index contributed by atoms with van der Waals surface area (Å²) in [5, 5.41) is 4.75. The van der Waals surface area contributed by atoms with Crippen molar-refractivity contribution in [2.45, 2.75) is 0 Å². The summed E-state index contributed by atoms with van der Waals surface area (Å²) in [6, 6.07) is 49.2. The average Bonchev–Trinajstić information content (AvgIpc) is 3.36. The maximum atomic E-state index is 15.1. The van der Waals surface area contributed by atoms with E-state index in [1.165, 1.54) is 21.8 Å². The van der Waals surface area contributed by atoms with Crippen LogP contribution in [0.5, 0.6) is 11.5 Å². The first-order valence-electron chi connectivity index (χ1n) is 13.4. The first-order chi connectivity index (χ1) is 19.7. The molecule has 3 nitrogen and oxygen atoms in total. The molecule has 0 saturated carbocycles. The Morgan fingerprint density at radius 2 is 1.12 bits per heavy atom. The van der Waals surface area contributed by atoms with E-state index in [-0.39, 0.29) is 0 Å². The molecule has 1 atom stereocenters. The Kier molecular flexibility index (Phi) is 5.10. The molecule has 0 spiro atoms. The molecule has 0 aliphatic carbocycles. The monoisotopic (exact) mass is 533 g/mol. The summed E-state index contributed by atoms with van der Waals surface area (Å²) in [7, 11) is -3.15. The van der Waals surface area contributed by atoms with Gasteiger partial charge in [0.25, 0.3) is 0 Å². The Morgan fingerprint density at radius 1 is 0.500 bits per heavy atom. The van der Waals surface area contributed by atoms with Crippen LogP contribution < -0.4 is 20.7 Å². The maximum absolute atomic E-state index is 15.1. The second kappa shape index (κ2) is 8.84. The van der Waals surface area contributed by atoms with Crippen molar-refractivity contribution >= 4 is 44.9 Å². The zero-order chi connectivity index (χ0) is 26.7. The minimum Gasteiger partial charge on any atom is -0.456 e. The number of fused-ring (bicyclic) bond motifs is 5. The molecule has 1 aliphatic rings. The van der Waals surface area contributed by atoms with Crippen LogP contribution in [-0.2, 0) is 4.57 Å². The van der Waals surface area contributed by atoms with Crippen molar-refractivity contribution < 1.29 is 9.30 Å². The zero-order valence-electron chi connectivity index (χ0n) is 21.6. The van der Waals surface area contributed by atoms with Crippen LogP contribution in [-0.4, -0.2) is 4.57 Å². The van der Waals surface area contributed by atoms with E-state index in [9.17, 15) is 0 Å². The van der Waals surface area contributed by atoms with Crippen LogP contribution in [0.2, 0.25) is 0 Å². The fourth-order valence-electron chi connectivity index (χ4n) is 6.02. The van der Waals surface area contributed by atoms with Gasteiger partial charge in [-0.15, -0.1) is 0 Å². The van der Waals surface area contributed by atoms with Crippen LogP contribution in [0.3, 0.4) is 0 Å². The van der Waals surface area contributed by atoms with E-state index in [1.807, 2.05) is 60.7 Å². The van der Waals surface area contributed by atoms with Crippen molar-refractivity contribution in [3.8, 4) is 28.3 Å². The second-order valence-electron chi connectivity index (χ2n) is 10.1. The number of hydrogen-bond acceptors (Lipinski definition) is 2. The largest absolute Gasteiger partial charge is 0.456 e. The summed E-state index contributed by atoms with van der Waals surface area (Å²) < 4.78 is 23.7. The Hall–Kier alpha value is -4.85. The highest BCUT2D eigenvalue weighted by atomic mass is 31.2. The van der Waals surface area contributed by atoms with Gasteiger partial charge in [-0.3, -0.25) is 0 Å². The van der Waals surface area contributed by atoms with Gasteiger partial charge < -0.3 is 13.9 Å². The lowest BCUT2D eigenvalue weighted by Crippen LogP contribution is -2.30. The second-order valence-corrected chi connectivity index (χ2v) is 12.8. The maximum Gasteiger partial charge on any atom is 0.178 e. The van der Waals surface area contributed by atoms with Crippen molar-refractivity contribution in [1.82, 2.24) is 4.57 Å². The smallest absolute Gasteiger partial charge is 0.178 e. The molecular weight excluding hydrogens is 509 g/mol. The highest BCUT2D eigenvalue weighted by Crippen LogP contribution is 2.52. The van der Waals surface area contributed by atoms with E-state index in [2.05, 4.69) is 89.5 Å². The van der Waals surface area contributed by atoms with Crippen molar-refractivity contribution in [1.29, 1.82) is 0 Å². The van der Waals surface area contributed by atoms with Gasteiger partial charge in [0.05, 0.1) is 21.6 Å². The number of para-hydroxylation sites is 3. The first-order valence-corrected chi connectivity index (χ1v) is 15.1. The molecule has 0 bridgehead atoms. The third-order valence-corrected chi connectivity index (χ3v) is 11.0. The number of nitrogens with zero attached hydrogens (tertiary/aromatic N) is 1. The molecule has 1 aromatic heterocycles. The van der Waals surface area contributed by atoms with Crippen molar-refractivity contribution in [3.05, 3.63) is 146 Å². The molecule has 4 heteroatoms. The molecule has 8 rings (SSSR count). The van der Waals surface area contributed by atoms with Gasteiger partial charge in [0.2, 0.25) is 0 Å². The summed E-state index contributed by atoms with van der Waals surface area (Å²) >= 11 is 0. The zero-order valence-corrected chi connectivity index (χ0v) is 22.5. The summed E-state index contributed by atoms with van der Waals surface area (Å²) in [5.74, 6) is 1.30. The Morgan fingerprint density at radius 3 is 1.90 bits per heavy atom. The number of aromatic nitrogens is 1. The minimum absolute atomic E-state index is 0.646. The highest BCUT2D eigenvalue weighted by molar-refractivity contribution is 7.85. The van der Waals surface area contributed by atoms with Crippen LogP contribution in [0.15, 0.2) is 146 Å². The van der Waals surface area contributed by atoms with Crippen LogP contribution in [0.4, 0.5) is 0 Å². The quantitative estimate of drug-likeness (QED) is 0.214. The van der Waals surface area contributed by atoms with Gasteiger partial charge in [-0.25, -0.2) is 0 Å². The molecule has 1 aliphatic heterocycles. The number of ether oxygens (including phenoxy) is 1. The lowest BCUT2D eigenvalue weighted by molar-refractivity contribution is 0.485. The number of benzene rings is 6. The topological polar surface area (TPSA) is 31.2 Å². The fourth-order valence-corrected chi connectivity index (χ4v) is 8.91. The van der Waals surface area contributed by atoms with E-state index in [4.69, 9.17) is 4.74 Å². The first kappa shape index (κ1) is 23.1. The third-order valence-electron chi connectivity index (χ3n) is 7.86. The summed E-state index contributed by atoms with van der Waals surface area (Å²) in [5.41, 5.74) is 5.48. The lowest BCUT2D eigenvalue weighted by atomic mass is 10.0. The standard InChI is InChI=1S/C36H24NO2P/c38-40(28-13-2-1-3-14-28)35-20-9-8-19-33(35)39-34-22-21-26(24-36(34)40)25-11-10-12-27(23-25)37-31-17-6-4-15-29(31)30-16-5-7-18-32(30)37/h1-24H. The van der Waals surface area contributed by atoms with E-state index in [0.717, 1.165) is 32.7 Å². The molecule has 7 aromatic rings. The fraction of sp³-hybridized carbons (Fsp3) is 0. The van der Waals surface area contributed by atoms with E-state index < -0.39 is 7.14 Å². The van der Waals surface area contributed by atoms with Gasteiger partial charge in [-0.2, -0.15) is 0 Å². The van der Waals surface area contributed by atoms with E-state index >= 15 is 4.57 Å². The highest BCUT2D eigenvalue weighted by Gasteiger charge is 2.39. The van der Waals surface area contributed by atoms with Crippen molar-refractivity contribution in [2.24, 2.45) is 0 Å². The average molecular weight is 534 g/mol. The Balaban J connectivity index is 1.32. The van der Waals surface area contributed by atoms with Crippen LogP contribution in [0, 0.1) is 0 Å². The SMILES string of the molecule is O=P1(c2ccccc2)c2ccccc2Oc2ccc(-c3cccc(-n4c5ccccc5c5ccccc54)c3)cc21. The normalized spacial score (nSPS) is 15.9. The Labute approximate surface area is 232 Å². The molecular formula is C36H24NO2P. The molecule has 2 heterocycles. The van der Waals surface area contributed by atoms with Crippen LogP contribution in [0.25, 0.3) is 38.6 Å². The van der Waals surface area contributed by atoms with Gasteiger partial charge in [-0.05, 0) is 59.7 Å². The van der Waals surface area contributed by atoms with Gasteiger partial charge in [0, 0.05) is 21.8 Å². The molecule has 190 valence electrons. The molecule has 0 saturated heterocycles. The van der Waals surface area contributed by atoms with Gasteiger partial charge >= 0.3 is 0 Å². The molecule has 0 N–H and O–H groups in total. The molecule has 0 fully saturated rings. The van der Waals surface area contributed by atoms with Gasteiger partial charge in [-0.1, -0.05) is 97.1 Å². The summed E-state index contributed by atoms with van der Waals surface area (Å²) in [4.78, 5) is 0. The molecule has 6 aromatic carbocycles. The lowest BCUT2D eigenvalue weighted by Gasteiger charge is -2.29. The molecule has 1 unspecified atom stereocenters. The predicted octanol–water partition coefficient (Wildman–Crippen LogP) is 8.20.